The van der Waals surface area contributed by atoms with Crippen LogP contribution in [0.5, 0.6) is 0 Å². The fourth-order valence-electron chi connectivity index (χ4n) is 2.09. The number of nitrogens with one attached hydrogen (secondary N) is 1. The summed E-state index contributed by atoms with van der Waals surface area (Å²) in [6.45, 7) is 0. The minimum atomic E-state index is -4.56. The van der Waals surface area contributed by atoms with Gasteiger partial charge in [-0.1, -0.05) is 23.4 Å². The summed E-state index contributed by atoms with van der Waals surface area (Å²) >= 11 is 6.72. The number of hydrogen-bond acceptors (Lipinski definition) is 5. The van der Waals surface area contributed by atoms with Gasteiger partial charge in [0.1, 0.15) is 5.82 Å². The number of anilines is 1. The number of carbonyl (C=O) groups is 1. The van der Waals surface area contributed by atoms with Gasteiger partial charge in [0, 0.05) is 5.56 Å². The van der Waals surface area contributed by atoms with E-state index in [1.165, 1.54) is 24.3 Å². The zero-order valence-corrected chi connectivity index (χ0v) is 15.3. The van der Waals surface area contributed by atoms with Gasteiger partial charge in [0.15, 0.2) is 0 Å². The van der Waals surface area contributed by atoms with Crippen LogP contribution in [0.25, 0.3) is 11.5 Å². The molecule has 146 valence electrons. The average molecular weight is 432 g/mol. The van der Waals surface area contributed by atoms with E-state index in [0.717, 1.165) is 30.0 Å². The molecule has 0 aliphatic rings. The first-order chi connectivity index (χ1) is 13.2. The van der Waals surface area contributed by atoms with Crippen LogP contribution in [0.15, 0.2) is 52.1 Å². The predicted molar refractivity (Wildman–Crippen MR) is 95.5 cm³/mol. The number of amides is 1. The third kappa shape index (κ3) is 5.02. The summed E-state index contributed by atoms with van der Waals surface area (Å²) in [5.74, 6) is -1.07. The molecule has 0 aliphatic heterocycles. The van der Waals surface area contributed by atoms with Gasteiger partial charge in [-0.25, -0.2) is 4.39 Å². The number of benzene rings is 2. The maximum absolute atomic E-state index is 12.9. The summed E-state index contributed by atoms with van der Waals surface area (Å²) in [6, 6.07) is 8.02. The smallest absolute Gasteiger partial charge is 0.411 e. The minimum absolute atomic E-state index is 0.0252. The molecule has 0 aliphatic carbocycles. The van der Waals surface area contributed by atoms with E-state index in [1.807, 2.05) is 0 Å². The number of hydrogen-bond donors (Lipinski definition) is 1. The first-order valence-electron chi connectivity index (χ1n) is 7.61. The average Bonchev–Trinajstić information content (AvgIpc) is 3.10. The first-order valence-corrected chi connectivity index (χ1v) is 8.97. The lowest BCUT2D eigenvalue weighted by Crippen LogP contribution is -2.15. The topological polar surface area (TPSA) is 68.0 Å². The second-order valence-corrected chi connectivity index (χ2v) is 6.74. The Balaban J connectivity index is 1.61. The molecule has 1 aromatic heterocycles. The van der Waals surface area contributed by atoms with Crippen molar-refractivity contribution in [3.8, 4) is 11.5 Å². The molecule has 0 unspecified atom stereocenters. The van der Waals surface area contributed by atoms with Crippen LogP contribution < -0.4 is 5.32 Å². The van der Waals surface area contributed by atoms with E-state index in [0.29, 0.717) is 5.56 Å². The van der Waals surface area contributed by atoms with Crippen molar-refractivity contribution in [3.05, 3.63) is 58.9 Å². The summed E-state index contributed by atoms with van der Waals surface area (Å²) in [4.78, 5) is 12.0. The lowest BCUT2D eigenvalue weighted by Gasteiger charge is -2.11. The molecule has 1 amide bonds. The Morgan fingerprint density at radius 2 is 1.86 bits per heavy atom. The maximum Gasteiger partial charge on any atom is 0.416 e. The fourth-order valence-corrected chi connectivity index (χ4v) is 2.82. The maximum atomic E-state index is 12.9. The minimum Gasteiger partial charge on any atom is -0.411 e. The molecule has 0 bridgehead atoms. The van der Waals surface area contributed by atoms with Crippen LogP contribution >= 0.6 is 23.4 Å². The molecule has 3 rings (SSSR count). The van der Waals surface area contributed by atoms with Crippen molar-refractivity contribution < 1.29 is 26.8 Å². The van der Waals surface area contributed by atoms with E-state index >= 15 is 0 Å². The third-order valence-corrected chi connectivity index (χ3v) is 4.54. The van der Waals surface area contributed by atoms with Crippen LogP contribution in [0, 0.1) is 5.82 Å². The number of nitrogens with zero attached hydrogens (tertiary/aromatic N) is 2. The van der Waals surface area contributed by atoms with Crippen molar-refractivity contribution >= 4 is 35.0 Å². The highest BCUT2D eigenvalue weighted by molar-refractivity contribution is 7.99. The Morgan fingerprint density at radius 1 is 1.14 bits per heavy atom. The third-order valence-electron chi connectivity index (χ3n) is 3.39. The Bertz CT molecular complexity index is 993. The van der Waals surface area contributed by atoms with Crippen molar-refractivity contribution in [2.24, 2.45) is 0 Å². The molecule has 1 N–H and O–H groups in total. The Labute approximate surface area is 165 Å². The number of rotatable bonds is 5. The summed E-state index contributed by atoms with van der Waals surface area (Å²) in [5.41, 5.74) is -0.582. The Morgan fingerprint density at radius 3 is 2.54 bits per heavy atom. The van der Waals surface area contributed by atoms with Gasteiger partial charge in [-0.2, -0.15) is 13.2 Å². The first kappa shape index (κ1) is 20.2. The van der Waals surface area contributed by atoms with Crippen molar-refractivity contribution in [2.75, 3.05) is 11.1 Å². The normalized spacial score (nSPS) is 11.5. The van der Waals surface area contributed by atoms with Gasteiger partial charge in [-0.3, -0.25) is 4.79 Å². The Hall–Kier alpha value is -2.59. The molecule has 0 saturated carbocycles. The number of aromatic nitrogens is 2. The van der Waals surface area contributed by atoms with Crippen LogP contribution in [-0.4, -0.2) is 21.9 Å². The second kappa shape index (κ2) is 8.19. The lowest BCUT2D eigenvalue weighted by molar-refractivity contribution is -0.137. The molecule has 0 atom stereocenters. The van der Waals surface area contributed by atoms with Crippen molar-refractivity contribution in [3.63, 3.8) is 0 Å². The van der Waals surface area contributed by atoms with Crippen LogP contribution in [0.2, 0.25) is 5.02 Å². The predicted octanol–water partition coefficient (Wildman–Crippen LogP) is 5.28. The molecule has 1 heterocycles. The number of thioether (sulfide) groups is 1. The van der Waals surface area contributed by atoms with Gasteiger partial charge in [0.2, 0.25) is 11.8 Å². The molecular formula is C17H10ClF4N3O2S. The van der Waals surface area contributed by atoms with Crippen LogP contribution in [0.4, 0.5) is 23.2 Å². The monoisotopic (exact) mass is 431 g/mol. The molecule has 5 nitrogen and oxygen atoms in total. The molecule has 2 aromatic carbocycles. The second-order valence-electron chi connectivity index (χ2n) is 5.41. The molecule has 11 heteroatoms. The zero-order chi connectivity index (χ0) is 20.3. The SMILES string of the molecule is O=C(CSc1nnc(-c2ccc(F)cc2)o1)Nc1cc(C(F)(F)F)ccc1Cl. The summed E-state index contributed by atoms with van der Waals surface area (Å²) in [7, 11) is 0. The largest absolute Gasteiger partial charge is 0.416 e. The van der Waals surface area contributed by atoms with E-state index in [9.17, 15) is 22.4 Å². The Kier molecular flexibility index (Phi) is 5.90. The quantitative estimate of drug-likeness (QED) is 0.440. The van der Waals surface area contributed by atoms with E-state index in [-0.39, 0.29) is 27.6 Å². The number of halogens is 5. The molecule has 3 aromatic rings. The van der Waals surface area contributed by atoms with Gasteiger partial charge >= 0.3 is 6.18 Å². The highest BCUT2D eigenvalue weighted by atomic mass is 35.5. The highest BCUT2D eigenvalue weighted by Gasteiger charge is 2.31. The van der Waals surface area contributed by atoms with Gasteiger partial charge < -0.3 is 9.73 Å². The van der Waals surface area contributed by atoms with Crippen LogP contribution in [0.3, 0.4) is 0 Å². The van der Waals surface area contributed by atoms with E-state index in [1.54, 1.807) is 0 Å². The van der Waals surface area contributed by atoms with Gasteiger partial charge in [0.05, 0.1) is 22.0 Å². The number of carbonyl (C=O) groups excluding carboxylic acids is 1. The van der Waals surface area contributed by atoms with E-state index in [4.69, 9.17) is 16.0 Å². The standard InChI is InChI=1S/C17H10ClF4N3O2S/c18-12-6-3-10(17(20,21)22)7-13(12)23-14(26)8-28-16-25-24-15(27-16)9-1-4-11(19)5-2-9/h1-7H,8H2,(H,23,26). The lowest BCUT2D eigenvalue weighted by atomic mass is 10.2. The summed E-state index contributed by atoms with van der Waals surface area (Å²) in [5, 5.41) is 9.91. The summed E-state index contributed by atoms with van der Waals surface area (Å²) < 4.78 is 56.6. The highest BCUT2D eigenvalue weighted by Crippen LogP contribution is 2.34. The van der Waals surface area contributed by atoms with Gasteiger partial charge in [-0.15, -0.1) is 10.2 Å². The van der Waals surface area contributed by atoms with Gasteiger partial charge in [0.25, 0.3) is 5.22 Å². The van der Waals surface area contributed by atoms with Crippen molar-refractivity contribution in [2.45, 2.75) is 11.4 Å². The molecule has 0 fully saturated rings. The summed E-state index contributed by atoms with van der Waals surface area (Å²) in [6.07, 6.45) is -4.56. The van der Waals surface area contributed by atoms with E-state index < -0.39 is 23.5 Å². The molecule has 0 spiro atoms. The zero-order valence-electron chi connectivity index (χ0n) is 13.8. The number of alkyl halides is 3. The van der Waals surface area contributed by atoms with Crippen molar-refractivity contribution in [1.82, 2.24) is 10.2 Å². The van der Waals surface area contributed by atoms with E-state index in [2.05, 4.69) is 15.5 Å². The molecular weight excluding hydrogens is 422 g/mol. The van der Waals surface area contributed by atoms with Crippen LogP contribution in [-0.2, 0) is 11.0 Å². The molecule has 0 saturated heterocycles. The fraction of sp³-hybridized carbons (Fsp3) is 0.118. The van der Waals surface area contributed by atoms with Crippen molar-refractivity contribution in [1.29, 1.82) is 0 Å². The molecule has 28 heavy (non-hydrogen) atoms. The van der Waals surface area contributed by atoms with Gasteiger partial charge in [-0.05, 0) is 42.5 Å². The van der Waals surface area contributed by atoms with Crippen LogP contribution in [0.1, 0.15) is 5.56 Å². The molecule has 0 radical (unpaired) electrons.